The number of amides is 3. The van der Waals surface area contributed by atoms with Gasteiger partial charge in [-0.25, -0.2) is 8.78 Å². The van der Waals surface area contributed by atoms with Crippen LogP contribution in [0.4, 0.5) is 8.78 Å². The second-order valence-corrected chi connectivity index (χ2v) is 5.76. The first-order valence-electron chi connectivity index (χ1n) is 8.21. The molecule has 2 rings (SSSR count). The first-order valence-corrected chi connectivity index (χ1v) is 8.21. The summed E-state index contributed by atoms with van der Waals surface area (Å²) >= 11 is 0. The Hall–Kier alpha value is -3.29. The fourth-order valence-electron chi connectivity index (χ4n) is 2.14. The average molecular weight is 375 g/mol. The Morgan fingerprint density at radius 3 is 2.07 bits per heavy atom. The van der Waals surface area contributed by atoms with Crippen molar-refractivity contribution in [1.29, 1.82) is 0 Å². The van der Waals surface area contributed by atoms with Crippen LogP contribution in [-0.2, 0) is 4.79 Å². The van der Waals surface area contributed by atoms with Crippen LogP contribution in [-0.4, -0.2) is 37.4 Å². The Morgan fingerprint density at radius 1 is 0.815 bits per heavy atom. The highest BCUT2D eigenvalue weighted by atomic mass is 19.1. The highest BCUT2D eigenvalue weighted by molar-refractivity contribution is 5.96. The number of halogens is 2. The Kier molecular flexibility index (Phi) is 6.99. The Balaban J connectivity index is 1.67. The molecule has 0 aliphatic rings. The summed E-state index contributed by atoms with van der Waals surface area (Å²) < 4.78 is 26.2. The minimum atomic E-state index is -0.500. The van der Waals surface area contributed by atoms with Crippen molar-refractivity contribution in [3.05, 3.63) is 70.8 Å². The molecule has 6 nitrogen and oxygen atoms in total. The summed E-state index contributed by atoms with van der Waals surface area (Å²) in [6.07, 6.45) is 0. The predicted octanol–water partition coefficient (Wildman–Crippen LogP) is 1.55. The van der Waals surface area contributed by atoms with Gasteiger partial charge in [0.2, 0.25) is 5.91 Å². The molecule has 142 valence electrons. The zero-order chi connectivity index (χ0) is 19.8. The van der Waals surface area contributed by atoms with Gasteiger partial charge in [0, 0.05) is 24.2 Å². The molecule has 2 aromatic carbocycles. The molecule has 0 aliphatic carbocycles. The van der Waals surface area contributed by atoms with Crippen LogP contribution in [0.25, 0.3) is 0 Å². The van der Waals surface area contributed by atoms with Crippen LogP contribution in [0.15, 0.2) is 42.5 Å². The monoisotopic (exact) mass is 375 g/mol. The van der Waals surface area contributed by atoms with E-state index in [-0.39, 0.29) is 30.8 Å². The smallest absolute Gasteiger partial charge is 0.251 e. The van der Waals surface area contributed by atoms with Crippen molar-refractivity contribution < 1.29 is 23.2 Å². The van der Waals surface area contributed by atoms with Crippen LogP contribution in [0.5, 0.6) is 0 Å². The fourth-order valence-corrected chi connectivity index (χ4v) is 2.14. The van der Waals surface area contributed by atoms with Crippen molar-refractivity contribution in [2.24, 2.45) is 0 Å². The Labute approximate surface area is 155 Å². The van der Waals surface area contributed by atoms with Gasteiger partial charge < -0.3 is 16.0 Å². The van der Waals surface area contributed by atoms with Crippen LogP contribution in [0.2, 0.25) is 0 Å². The molecule has 0 aliphatic heterocycles. The summed E-state index contributed by atoms with van der Waals surface area (Å²) in [5.74, 6) is -2.32. The van der Waals surface area contributed by atoms with Gasteiger partial charge in [-0.2, -0.15) is 0 Å². The van der Waals surface area contributed by atoms with Crippen molar-refractivity contribution in [2.75, 3.05) is 19.6 Å². The Bertz CT molecular complexity index is 839. The quantitative estimate of drug-likeness (QED) is 0.642. The van der Waals surface area contributed by atoms with Crippen LogP contribution in [0.3, 0.4) is 0 Å². The summed E-state index contributed by atoms with van der Waals surface area (Å²) in [6, 6.07) is 9.09. The van der Waals surface area contributed by atoms with E-state index in [9.17, 15) is 23.2 Å². The van der Waals surface area contributed by atoms with Crippen LogP contribution in [0.1, 0.15) is 26.3 Å². The molecule has 0 radical (unpaired) electrons. The zero-order valence-corrected chi connectivity index (χ0v) is 14.6. The van der Waals surface area contributed by atoms with Gasteiger partial charge in [-0.3, -0.25) is 14.4 Å². The fraction of sp³-hybridized carbons (Fsp3) is 0.211. The topological polar surface area (TPSA) is 87.3 Å². The van der Waals surface area contributed by atoms with E-state index in [1.54, 1.807) is 6.92 Å². The van der Waals surface area contributed by atoms with Gasteiger partial charge in [-0.1, -0.05) is 6.07 Å². The second kappa shape index (κ2) is 9.42. The molecular formula is C19H19F2N3O3. The highest BCUT2D eigenvalue weighted by Gasteiger charge is 2.09. The van der Waals surface area contributed by atoms with Gasteiger partial charge in [-0.15, -0.1) is 0 Å². The lowest BCUT2D eigenvalue weighted by atomic mass is 10.1. The second-order valence-electron chi connectivity index (χ2n) is 5.76. The van der Waals surface area contributed by atoms with Gasteiger partial charge in [0.1, 0.15) is 11.6 Å². The maximum absolute atomic E-state index is 13.4. The van der Waals surface area contributed by atoms with Gasteiger partial charge in [-0.05, 0) is 48.9 Å². The van der Waals surface area contributed by atoms with E-state index in [0.29, 0.717) is 5.56 Å². The number of carbonyl (C=O) groups excluding carboxylic acids is 3. The largest absolute Gasteiger partial charge is 0.353 e. The maximum Gasteiger partial charge on any atom is 0.251 e. The average Bonchev–Trinajstić information content (AvgIpc) is 2.65. The summed E-state index contributed by atoms with van der Waals surface area (Å²) in [5, 5.41) is 7.48. The molecule has 0 unspecified atom stereocenters. The van der Waals surface area contributed by atoms with Crippen LogP contribution >= 0.6 is 0 Å². The minimum absolute atomic E-state index is 0.144. The number of rotatable bonds is 7. The maximum atomic E-state index is 13.4. The van der Waals surface area contributed by atoms with Gasteiger partial charge in [0.15, 0.2) is 0 Å². The lowest BCUT2D eigenvalue weighted by molar-refractivity contribution is -0.120. The molecule has 0 aromatic heterocycles. The van der Waals surface area contributed by atoms with Gasteiger partial charge >= 0.3 is 0 Å². The Morgan fingerprint density at radius 2 is 1.41 bits per heavy atom. The molecule has 0 fully saturated rings. The third kappa shape index (κ3) is 6.18. The molecule has 0 saturated heterocycles. The molecule has 0 saturated carbocycles. The number of aryl methyl sites for hydroxylation is 1. The van der Waals surface area contributed by atoms with E-state index in [0.717, 1.165) is 18.2 Å². The minimum Gasteiger partial charge on any atom is -0.353 e. The third-order valence-electron chi connectivity index (χ3n) is 3.68. The number of carbonyl (C=O) groups is 3. The van der Waals surface area contributed by atoms with Gasteiger partial charge in [0.25, 0.3) is 11.8 Å². The van der Waals surface area contributed by atoms with Crippen LogP contribution in [0, 0.1) is 18.6 Å². The van der Waals surface area contributed by atoms with E-state index >= 15 is 0 Å². The molecule has 27 heavy (non-hydrogen) atoms. The summed E-state index contributed by atoms with van der Waals surface area (Å²) in [7, 11) is 0. The SMILES string of the molecule is Cc1ccc(C(=O)NCCNC(=O)CNC(=O)c2ccc(F)cc2)cc1F. The summed E-state index contributed by atoms with van der Waals surface area (Å²) in [5.41, 5.74) is 0.874. The van der Waals surface area contributed by atoms with E-state index in [2.05, 4.69) is 16.0 Å². The lowest BCUT2D eigenvalue weighted by Crippen LogP contribution is -2.40. The van der Waals surface area contributed by atoms with E-state index in [1.165, 1.54) is 24.3 Å². The highest BCUT2D eigenvalue weighted by Crippen LogP contribution is 2.08. The molecule has 2 aromatic rings. The molecule has 3 amide bonds. The van der Waals surface area contributed by atoms with Crippen molar-refractivity contribution in [3.63, 3.8) is 0 Å². The molecule has 8 heteroatoms. The number of hydrogen-bond acceptors (Lipinski definition) is 3. The number of benzene rings is 2. The normalized spacial score (nSPS) is 10.2. The predicted molar refractivity (Wildman–Crippen MR) is 95.2 cm³/mol. The molecule has 0 bridgehead atoms. The first-order chi connectivity index (χ1) is 12.9. The molecule has 0 heterocycles. The molecule has 0 spiro atoms. The van der Waals surface area contributed by atoms with Crippen molar-refractivity contribution in [2.45, 2.75) is 6.92 Å². The summed E-state index contributed by atoms with van der Waals surface area (Å²) in [6.45, 7) is 1.63. The van der Waals surface area contributed by atoms with Crippen molar-refractivity contribution in [3.8, 4) is 0 Å². The standard InChI is InChI=1S/C19H19F2N3O3/c1-12-2-3-14(10-16(12)21)19(27)23-9-8-22-17(25)11-24-18(26)13-4-6-15(20)7-5-13/h2-7,10H,8-9,11H2,1H3,(H,22,25)(H,23,27)(H,24,26). The van der Waals surface area contributed by atoms with Crippen LogP contribution < -0.4 is 16.0 Å². The van der Waals surface area contributed by atoms with Crippen molar-refractivity contribution in [1.82, 2.24) is 16.0 Å². The molecule has 0 atom stereocenters. The molecule has 3 N–H and O–H groups in total. The zero-order valence-electron chi connectivity index (χ0n) is 14.6. The number of nitrogens with one attached hydrogen (secondary N) is 3. The lowest BCUT2D eigenvalue weighted by Gasteiger charge is -2.09. The third-order valence-corrected chi connectivity index (χ3v) is 3.68. The molecular weight excluding hydrogens is 356 g/mol. The van der Waals surface area contributed by atoms with E-state index in [4.69, 9.17) is 0 Å². The van der Waals surface area contributed by atoms with Gasteiger partial charge in [0.05, 0.1) is 6.54 Å². The number of hydrogen-bond donors (Lipinski definition) is 3. The van der Waals surface area contributed by atoms with E-state index < -0.39 is 29.4 Å². The van der Waals surface area contributed by atoms with Crippen molar-refractivity contribution >= 4 is 17.7 Å². The van der Waals surface area contributed by atoms with E-state index in [1.807, 2.05) is 0 Å². The first kappa shape index (κ1) is 20.0. The summed E-state index contributed by atoms with van der Waals surface area (Å²) in [4.78, 5) is 35.3.